The molecule has 180 valence electrons. The zero-order valence-electron chi connectivity index (χ0n) is 20.5. The minimum absolute atomic E-state index is 0.0840. The number of carbonyl (C=O) groups excluding carboxylic acids is 1. The molecule has 0 aliphatic heterocycles. The van der Waals surface area contributed by atoms with E-state index in [1.165, 1.54) is 0 Å². The number of rotatable bonds is 7. The standard InChI is InChI=1S/C28H27N7O/c1-28(2,3)27-29-26(24(36)17-19-9-5-4-6-10-19)32-35(27)18-20-13-15-21(16-14-20)22-11-7-8-12-23(22)25-30-33-34-31-25/h4-16H,17-18H2,1-3H3,(H,30,31,33,34). The summed E-state index contributed by atoms with van der Waals surface area (Å²) in [6, 6.07) is 26.0. The van der Waals surface area contributed by atoms with Crippen molar-refractivity contribution in [1.82, 2.24) is 35.4 Å². The smallest absolute Gasteiger partial charge is 0.217 e. The van der Waals surface area contributed by atoms with Crippen LogP contribution >= 0.6 is 0 Å². The third-order valence-corrected chi connectivity index (χ3v) is 5.92. The molecule has 0 aliphatic rings. The predicted molar refractivity (Wildman–Crippen MR) is 137 cm³/mol. The highest BCUT2D eigenvalue weighted by Gasteiger charge is 2.25. The first-order chi connectivity index (χ1) is 17.4. The summed E-state index contributed by atoms with van der Waals surface area (Å²) in [5, 5.41) is 18.9. The van der Waals surface area contributed by atoms with E-state index in [0.29, 0.717) is 12.4 Å². The lowest BCUT2D eigenvalue weighted by Crippen LogP contribution is -2.20. The predicted octanol–water partition coefficient (Wildman–Crippen LogP) is 4.90. The van der Waals surface area contributed by atoms with Gasteiger partial charge in [0.15, 0.2) is 5.82 Å². The summed E-state index contributed by atoms with van der Waals surface area (Å²) in [6.45, 7) is 6.76. The summed E-state index contributed by atoms with van der Waals surface area (Å²) in [5.41, 5.74) is 4.78. The highest BCUT2D eigenvalue weighted by molar-refractivity contribution is 5.94. The Morgan fingerprint density at radius 2 is 1.56 bits per heavy atom. The van der Waals surface area contributed by atoms with E-state index in [0.717, 1.165) is 33.6 Å². The van der Waals surface area contributed by atoms with Gasteiger partial charge in [-0.2, -0.15) is 0 Å². The number of tetrazole rings is 1. The van der Waals surface area contributed by atoms with Gasteiger partial charge in [0, 0.05) is 17.4 Å². The van der Waals surface area contributed by atoms with Crippen molar-refractivity contribution in [1.29, 1.82) is 0 Å². The molecule has 1 N–H and O–H groups in total. The molecule has 0 amide bonds. The molecular formula is C28H27N7O. The Kier molecular flexibility index (Phi) is 6.25. The van der Waals surface area contributed by atoms with Crippen LogP contribution in [0, 0.1) is 0 Å². The van der Waals surface area contributed by atoms with Crippen molar-refractivity contribution in [3.05, 3.63) is 102 Å². The van der Waals surface area contributed by atoms with Gasteiger partial charge in [0.05, 0.1) is 6.54 Å². The fraction of sp³-hybridized carbons (Fsp3) is 0.214. The first-order valence-corrected chi connectivity index (χ1v) is 11.8. The van der Waals surface area contributed by atoms with Crippen molar-refractivity contribution in [3.63, 3.8) is 0 Å². The molecule has 8 heteroatoms. The molecule has 0 unspecified atom stereocenters. The van der Waals surface area contributed by atoms with Gasteiger partial charge in [-0.1, -0.05) is 99.6 Å². The van der Waals surface area contributed by atoms with E-state index in [-0.39, 0.29) is 23.4 Å². The molecule has 2 heterocycles. The van der Waals surface area contributed by atoms with E-state index in [2.05, 4.69) is 75.7 Å². The molecule has 0 bridgehead atoms. The number of benzene rings is 3. The summed E-state index contributed by atoms with van der Waals surface area (Å²) in [6.07, 6.45) is 0.281. The number of hydrogen-bond acceptors (Lipinski definition) is 6. The third kappa shape index (κ3) is 4.98. The van der Waals surface area contributed by atoms with Crippen molar-refractivity contribution in [2.24, 2.45) is 0 Å². The van der Waals surface area contributed by atoms with Gasteiger partial charge in [-0.3, -0.25) is 4.79 Å². The van der Waals surface area contributed by atoms with Gasteiger partial charge in [0.25, 0.3) is 0 Å². The molecule has 0 saturated carbocycles. The van der Waals surface area contributed by atoms with Crippen LogP contribution in [0.2, 0.25) is 0 Å². The first kappa shape index (κ1) is 23.3. The molecule has 0 aliphatic carbocycles. The van der Waals surface area contributed by atoms with Crippen LogP contribution < -0.4 is 0 Å². The molecular weight excluding hydrogens is 450 g/mol. The van der Waals surface area contributed by atoms with Crippen molar-refractivity contribution in [3.8, 4) is 22.5 Å². The summed E-state index contributed by atoms with van der Waals surface area (Å²) >= 11 is 0. The third-order valence-electron chi connectivity index (χ3n) is 5.92. The Bertz CT molecular complexity index is 1460. The normalized spacial score (nSPS) is 11.5. The van der Waals surface area contributed by atoms with E-state index in [4.69, 9.17) is 0 Å². The number of H-pyrrole nitrogens is 1. The van der Waals surface area contributed by atoms with Gasteiger partial charge in [-0.05, 0) is 32.7 Å². The number of ketones is 1. The number of nitrogens with zero attached hydrogens (tertiary/aromatic N) is 6. The number of hydrogen-bond donors (Lipinski definition) is 1. The second kappa shape index (κ2) is 9.65. The van der Waals surface area contributed by atoms with Gasteiger partial charge >= 0.3 is 0 Å². The van der Waals surface area contributed by atoms with Gasteiger partial charge in [0.1, 0.15) is 5.82 Å². The summed E-state index contributed by atoms with van der Waals surface area (Å²) in [7, 11) is 0. The van der Waals surface area contributed by atoms with Crippen LogP contribution in [0.4, 0.5) is 0 Å². The fourth-order valence-electron chi connectivity index (χ4n) is 4.16. The Morgan fingerprint density at radius 3 is 2.22 bits per heavy atom. The van der Waals surface area contributed by atoms with Crippen LogP contribution in [-0.2, 0) is 18.4 Å². The molecule has 0 fully saturated rings. The molecule has 0 spiro atoms. The molecule has 36 heavy (non-hydrogen) atoms. The minimum atomic E-state index is -0.262. The van der Waals surface area contributed by atoms with Crippen molar-refractivity contribution in [2.45, 2.75) is 39.2 Å². The Morgan fingerprint density at radius 1 is 0.861 bits per heavy atom. The first-order valence-electron chi connectivity index (χ1n) is 11.8. The lowest BCUT2D eigenvalue weighted by molar-refractivity contribution is 0.0982. The SMILES string of the molecule is CC(C)(C)c1nc(C(=O)Cc2ccccc2)nn1Cc1ccc(-c2ccccc2-c2nnn[nH]2)cc1. The molecule has 0 atom stereocenters. The maximum Gasteiger partial charge on any atom is 0.217 e. The Labute approximate surface area is 209 Å². The number of Topliss-reactive ketones (excluding diaryl/α,β-unsaturated/α-hetero) is 1. The second-order valence-electron chi connectivity index (χ2n) is 9.74. The Hall–Kier alpha value is -4.46. The zero-order valence-corrected chi connectivity index (χ0v) is 20.5. The van der Waals surface area contributed by atoms with Crippen molar-refractivity contribution < 1.29 is 4.79 Å². The average Bonchev–Trinajstić information content (AvgIpc) is 3.56. The van der Waals surface area contributed by atoms with E-state index in [1.54, 1.807) is 0 Å². The van der Waals surface area contributed by atoms with Crippen molar-refractivity contribution >= 4 is 5.78 Å². The lowest BCUT2D eigenvalue weighted by Gasteiger charge is -2.18. The van der Waals surface area contributed by atoms with Crippen LogP contribution in [0.5, 0.6) is 0 Å². The van der Waals surface area contributed by atoms with Crippen LogP contribution in [0.15, 0.2) is 78.9 Å². The topological polar surface area (TPSA) is 102 Å². The summed E-state index contributed by atoms with van der Waals surface area (Å²) in [5.74, 6) is 1.58. The zero-order chi connectivity index (χ0) is 25.1. The van der Waals surface area contributed by atoms with E-state index in [9.17, 15) is 4.79 Å². The maximum atomic E-state index is 12.9. The van der Waals surface area contributed by atoms with Gasteiger partial charge in [-0.15, -0.1) is 10.2 Å². The minimum Gasteiger partial charge on any atom is -0.290 e. The van der Waals surface area contributed by atoms with Crippen LogP contribution in [0.25, 0.3) is 22.5 Å². The van der Waals surface area contributed by atoms with E-state index in [1.807, 2.05) is 59.3 Å². The lowest BCUT2D eigenvalue weighted by atomic mass is 9.95. The van der Waals surface area contributed by atoms with Crippen LogP contribution in [0.1, 0.15) is 48.3 Å². The van der Waals surface area contributed by atoms with Gasteiger partial charge in [0.2, 0.25) is 11.6 Å². The number of nitrogens with one attached hydrogen (secondary N) is 1. The maximum absolute atomic E-state index is 12.9. The quantitative estimate of drug-likeness (QED) is 0.335. The molecule has 2 aromatic heterocycles. The van der Waals surface area contributed by atoms with Gasteiger partial charge < -0.3 is 0 Å². The molecule has 0 saturated heterocycles. The van der Waals surface area contributed by atoms with Gasteiger partial charge in [-0.25, -0.2) is 14.8 Å². The van der Waals surface area contributed by atoms with Crippen molar-refractivity contribution in [2.75, 3.05) is 0 Å². The molecule has 0 radical (unpaired) electrons. The monoisotopic (exact) mass is 477 g/mol. The molecule has 5 aromatic rings. The number of aromatic nitrogens is 7. The van der Waals surface area contributed by atoms with Crippen LogP contribution in [-0.4, -0.2) is 41.2 Å². The molecule has 8 nitrogen and oxygen atoms in total. The average molecular weight is 478 g/mol. The van der Waals surface area contributed by atoms with Crippen LogP contribution in [0.3, 0.4) is 0 Å². The van der Waals surface area contributed by atoms with E-state index >= 15 is 0 Å². The largest absolute Gasteiger partial charge is 0.290 e. The number of carbonyl (C=O) groups is 1. The molecule has 3 aromatic carbocycles. The highest BCUT2D eigenvalue weighted by Crippen LogP contribution is 2.30. The second-order valence-corrected chi connectivity index (χ2v) is 9.74. The highest BCUT2D eigenvalue weighted by atomic mass is 16.1. The number of aromatic amines is 1. The fourth-order valence-corrected chi connectivity index (χ4v) is 4.16. The Balaban J connectivity index is 1.40. The summed E-state index contributed by atoms with van der Waals surface area (Å²) in [4.78, 5) is 17.6. The summed E-state index contributed by atoms with van der Waals surface area (Å²) < 4.78 is 1.85. The molecule has 5 rings (SSSR count). The van der Waals surface area contributed by atoms with E-state index < -0.39 is 0 Å².